The van der Waals surface area contributed by atoms with Gasteiger partial charge in [0.1, 0.15) is 10.8 Å². The van der Waals surface area contributed by atoms with Crippen molar-refractivity contribution in [3.8, 4) is 11.5 Å². The summed E-state index contributed by atoms with van der Waals surface area (Å²) in [5.41, 5.74) is 2.88. The molecule has 18 heavy (non-hydrogen) atoms. The molecule has 5 heteroatoms. The van der Waals surface area contributed by atoms with Gasteiger partial charge in [0.2, 0.25) is 0 Å². The first-order valence-electron chi connectivity index (χ1n) is 5.81. The third kappa shape index (κ3) is 2.27. The van der Waals surface area contributed by atoms with E-state index in [1.165, 1.54) is 12.8 Å². The van der Waals surface area contributed by atoms with E-state index in [9.17, 15) is 0 Å². The highest BCUT2D eigenvalue weighted by atomic mass is 79.9. The molecule has 3 rings (SSSR count). The molecule has 92 valence electrons. The molecule has 0 N–H and O–H groups in total. The molecule has 0 aliphatic heterocycles. The summed E-state index contributed by atoms with van der Waals surface area (Å²) in [6.45, 7) is 2.00. The second-order valence-corrected chi connectivity index (χ2v) is 5.68. The quantitative estimate of drug-likeness (QED) is 0.779. The third-order valence-corrected chi connectivity index (χ3v) is 4.22. The lowest BCUT2D eigenvalue weighted by Gasteiger charge is -2.07. The van der Waals surface area contributed by atoms with E-state index in [4.69, 9.17) is 11.6 Å². The Morgan fingerprint density at radius 2 is 2.06 bits per heavy atom. The van der Waals surface area contributed by atoms with E-state index in [1.807, 2.05) is 25.3 Å². The van der Waals surface area contributed by atoms with Crippen LogP contribution in [0.15, 0.2) is 22.8 Å². The molecule has 0 amide bonds. The van der Waals surface area contributed by atoms with Crippen molar-refractivity contribution < 1.29 is 0 Å². The number of pyridine rings is 1. The van der Waals surface area contributed by atoms with Crippen molar-refractivity contribution in [1.82, 2.24) is 15.0 Å². The normalized spacial score (nSPS) is 14.8. The number of aromatic nitrogens is 3. The second-order valence-electron chi connectivity index (χ2n) is 4.53. The van der Waals surface area contributed by atoms with Crippen LogP contribution in [0.2, 0.25) is 5.15 Å². The monoisotopic (exact) mass is 323 g/mol. The van der Waals surface area contributed by atoms with Crippen LogP contribution in [0, 0.1) is 6.92 Å². The zero-order valence-corrected chi connectivity index (χ0v) is 12.2. The van der Waals surface area contributed by atoms with Gasteiger partial charge in [-0.1, -0.05) is 17.7 Å². The lowest BCUT2D eigenvalue weighted by Crippen LogP contribution is -1.98. The Morgan fingerprint density at radius 3 is 2.67 bits per heavy atom. The molecule has 2 aromatic rings. The molecule has 0 spiro atoms. The van der Waals surface area contributed by atoms with Gasteiger partial charge in [0, 0.05) is 12.1 Å². The molecule has 1 aliphatic carbocycles. The number of rotatable bonds is 2. The van der Waals surface area contributed by atoms with Crippen LogP contribution >= 0.6 is 27.5 Å². The van der Waals surface area contributed by atoms with Crippen LogP contribution in [0.5, 0.6) is 0 Å². The first-order chi connectivity index (χ1) is 8.65. The van der Waals surface area contributed by atoms with E-state index in [0.29, 0.717) is 16.9 Å². The van der Waals surface area contributed by atoms with Crippen molar-refractivity contribution in [2.24, 2.45) is 0 Å². The molecule has 2 heterocycles. The number of nitrogens with zero attached hydrogens (tertiary/aromatic N) is 3. The zero-order valence-electron chi connectivity index (χ0n) is 9.82. The Balaban J connectivity index is 2.09. The summed E-state index contributed by atoms with van der Waals surface area (Å²) in [6.07, 6.45) is 4.16. The molecular formula is C13H11BrClN3. The van der Waals surface area contributed by atoms with Gasteiger partial charge in [-0.25, -0.2) is 9.97 Å². The molecule has 0 bridgehead atoms. The molecule has 1 aliphatic rings. The van der Waals surface area contributed by atoms with Gasteiger partial charge in [0.15, 0.2) is 5.82 Å². The van der Waals surface area contributed by atoms with Crippen LogP contribution in [-0.4, -0.2) is 15.0 Å². The summed E-state index contributed by atoms with van der Waals surface area (Å²) in [7, 11) is 0. The van der Waals surface area contributed by atoms with E-state index in [1.54, 1.807) is 0 Å². The van der Waals surface area contributed by atoms with Gasteiger partial charge in [-0.15, -0.1) is 0 Å². The Bertz CT molecular complexity index is 594. The predicted octanol–water partition coefficient (Wildman–Crippen LogP) is 4.14. The van der Waals surface area contributed by atoms with Crippen molar-refractivity contribution in [3.63, 3.8) is 0 Å². The van der Waals surface area contributed by atoms with Crippen LogP contribution in [0.25, 0.3) is 11.5 Å². The SMILES string of the molecule is Cc1ccc(-c2nc(Cl)c(Br)c(C3CC3)n2)nc1. The van der Waals surface area contributed by atoms with Gasteiger partial charge in [0.25, 0.3) is 0 Å². The van der Waals surface area contributed by atoms with E-state index < -0.39 is 0 Å². The molecule has 0 unspecified atom stereocenters. The van der Waals surface area contributed by atoms with Crippen LogP contribution in [-0.2, 0) is 0 Å². The number of hydrogen-bond donors (Lipinski definition) is 0. The lowest BCUT2D eigenvalue weighted by atomic mass is 10.2. The Labute approximate surface area is 119 Å². The topological polar surface area (TPSA) is 38.7 Å². The molecule has 2 aromatic heterocycles. The molecule has 0 saturated heterocycles. The smallest absolute Gasteiger partial charge is 0.179 e. The highest BCUT2D eigenvalue weighted by Gasteiger charge is 2.29. The minimum absolute atomic E-state index is 0.462. The fourth-order valence-electron chi connectivity index (χ4n) is 1.78. The zero-order chi connectivity index (χ0) is 12.7. The highest BCUT2D eigenvalue weighted by Crippen LogP contribution is 2.44. The highest BCUT2D eigenvalue weighted by molar-refractivity contribution is 9.10. The van der Waals surface area contributed by atoms with Crippen molar-refractivity contribution in [2.45, 2.75) is 25.7 Å². The maximum absolute atomic E-state index is 6.15. The Hall–Kier alpha value is -1.00. The number of hydrogen-bond acceptors (Lipinski definition) is 3. The van der Waals surface area contributed by atoms with Gasteiger partial charge >= 0.3 is 0 Å². The summed E-state index contributed by atoms with van der Waals surface area (Å²) in [6, 6.07) is 3.92. The maximum atomic E-state index is 6.15. The summed E-state index contributed by atoms with van der Waals surface area (Å²) >= 11 is 9.61. The van der Waals surface area contributed by atoms with Crippen molar-refractivity contribution in [3.05, 3.63) is 39.2 Å². The average molecular weight is 325 g/mol. The fraction of sp³-hybridized carbons (Fsp3) is 0.308. The van der Waals surface area contributed by atoms with Gasteiger partial charge in [-0.3, -0.25) is 4.98 Å². The molecular weight excluding hydrogens is 314 g/mol. The van der Waals surface area contributed by atoms with Crippen molar-refractivity contribution in [1.29, 1.82) is 0 Å². The third-order valence-electron chi connectivity index (χ3n) is 2.94. The van der Waals surface area contributed by atoms with Gasteiger partial charge < -0.3 is 0 Å². The van der Waals surface area contributed by atoms with Crippen molar-refractivity contribution in [2.75, 3.05) is 0 Å². The number of halogens is 2. The largest absolute Gasteiger partial charge is 0.253 e. The minimum atomic E-state index is 0.462. The van der Waals surface area contributed by atoms with Gasteiger partial charge in [-0.2, -0.15) is 0 Å². The summed E-state index contributed by atoms with van der Waals surface area (Å²) in [5, 5.41) is 0.462. The van der Waals surface area contributed by atoms with Crippen LogP contribution in [0.3, 0.4) is 0 Å². The van der Waals surface area contributed by atoms with Gasteiger partial charge in [0.05, 0.1) is 10.2 Å². The van der Waals surface area contributed by atoms with Crippen molar-refractivity contribution >= 4 is 27.5 Å². The molecule has 3 nitrogen and oxygen atoms in total. The molecule has 1 fully saturated rings. The van der Waals surface area contributed by atoms with Crippen LogP contribution in [0.4, 0.5) is 0 Å². The maximum Gasteiger partial charge on any atom is 0.179 e. The molecule has 0 aromatic carbocycles. The fourth-order valence-corrected chi connectivity index (χ4v) is 2.46. The molecule has 1 saturated carbocycles. The summed E-state index contributed by atoms with van der Waals surface area (Å²) in [4.78, 5) is 13.2. The van der Waals surface area contributed by atoms with Gasteiger partial charge in [-0.05, 0) is 47.3 Å². The molecule has 0 radical (unpaired) electrons. The van der Waals surface area contributed by atoms with Crippen LogP contribution < -0.4 is 0 Å². The Morgan fingerprint density at radius 1 is 1.28 bits per heavy atom. The summed E-state index contributed by atoms with van der Waals surface area (Å²) < 4.78 is 0.822. The van der Waals surface area contributed by atoms with E-state index >= 15 is 0 Å². The summed E-state index contributed by atoms with van der Waals surface area (Å²) in [5.74, 6) is 1.12. The molecule has 0 atom stereocenters. The second kappa shape index (κ2) is 4.59. The first kappa shape index (κ1) is 12.1. The Kier molecular flexibility index (Phi) is 3.08. The first-order valence-corrected chi connectivity index (χ1v) is 6.98. The average Bonchev–Trinajstić information content (AvgIpc) is 3.18. The van der Waals surface area contributed by atoms with E-state index in [2.05, 4.69) is 30.9 Å². The number of aryl methyl sites for hydroxylation is 1. The van der Waals surface area contributed by atoms with E-state index in [-0.39, 0.29) is 0 Å². The standard InChI is InChI=1S/C13H11BrClN3/c1-7-2-5-9(16-6-7)13-17-11(8-3-4-8)10(14)12(15)18-13/h2,5-6,8H,3-4H2,1H3. The van der Waals surface area contributed by atoms with E-state index in [0.717, 1.165) is 21.4 Å². The lowest BCUT2D eigenvalue weighted by molar-refractivity contribution is 0.973. The minimum Gasteiger partial charge on any atom is -0.253 e. The van der Waals surface area contributed by atoms with Crippen LogP contribution in [0.1, 0.15) is 30.0 Å². The predicted molar refractivity (Wildman–Crippen MR) is 74.7 cm³/mol.